The summed E-state index contributed by atoms with van der Waals surface area (Å²) in [6, 6.07) is 17.8. The largest absolute Gasteiger partial charge is 0.357 e. The van der Waals surface area contributed by atoms with E-state index in [9.17, 15) is 4.79 Å². The summed E-state index contributed by atoms with van der Waals surface area (Å²) in [5.41, 5.74) is 8.56. The fourth-order valence-electron chi connectivity index (χ4n) is 1.88. The number of hydrogen-bond donors (Lipinski definition) is 3. The van der Waals surface area contributed by atoms with E-state index in [1.54, 1.807) is 0 Å². The Bertz CT molecular complexity index is 626. The maximum absolute atomic E-state index is 11.8. The van der Waals surface area contributed by atoms with Crippen LogP contribution in [0, 0.1) is 6.92 Å². The number of benzene rings is 2. The molecule has 0 spiro atoms. The van der Waals surface area contributed by atoms with Crippen molar-refractivity contribution in [2.75, 3.05) is 0 Å². The number of rotatable bonds is 4. The normalized spacial score (nSPS) is 9.86. The van der Waals surface area contributed by atoms with Crippen molar-refractivity contribution >= 4 is 23.2 Å². The van der Waals surface area contributed by atoms with Crippen molar-refractivity contribution in [3.05, 3.63) is 71.3 Å². The third kappa shape index (κ3) is 5.54. The number of carbonyl (C=O) groups is 1. The van der Waals surface area contributed by atoms with Gasteiger partial charge in [-0.15, -0.1) is 0 Å². The summed E-state index contributed by atoms with van der Waals surface area (Å²) in [6.45, 7) is 2.63. The van der Waals surface area contributed by atoms with Gasteiger partial charge in [0.25, 0.3) is 0 Å². The number of amides is 1. The van der Waals surface area contributed by atoms with Gasteiger partial charge in [-0.2, -0.15) is 0 Å². The number of thiocarbonyl (C=S) groups is 1. The van der Waals surface area contributed by atoms with Crippen LogP contribution >= 0.6 is 12.2 Å². The van der Waals surface area contributed by atoms with Gasteiger partial charge in [-0.25, -0.2) is 0 Å². The Morgan fingerprint density at radius 3 is 2.32 bits per heavy atom. The predicted molar refractivity (Wildman–Crippen MR) is 92.0 cm³/mol. The zero-order chi connectivity index (χ0) is 15.8. The van der Waals surface area contributed by atoms with Crippen LogP contribution in [0.3, 0.4) is 0 Å². The average Bonchev–Trinajstić information content (AvgIpc) is 2.54. The quantitative estimate of drug-likeness (QED) is 0.598. The highest BCUT2D eigenvalue weighted by Crippen LogP contribution is 2.03. The molecular formula is C17H19N3OS. The van der Waals surface area contributed by atoms with E-state index in [0.717, 1.165) is 11.1 Å². The predicted octanol–water partition coefficient (Wildman–Crippen LogP) is 2.23. The summed E-state index contributed by atoms with van der Waals surface area (Å²) in [6.07, 6.45) is 0.314. The summed E-state index contributed by atoms with van der Waals surface area (Å²) in [4.78, 5) is 11.8. The van der Waals surface area contributed by atoms with Crippen LogP contribution in [0.2, 0.25) is 0 Å². The third-order valence-corrected chi connectivity index (χ3v) is 3.34. The van der Waals surface area contributed by atoms with Crippen molar-refractivity contribution in [1.29, 1.82) is 0 Å². The van der Waals surface area contributed by atoms with Crippen LogP contribution in [0.15, 0.2) is 54.6 Å². The van der Waals surface area contributed by atoms with Crippen molar-refractivity contribution in [3.63, 3.8) is 0 Å². The molecule has 5 heteroatoms. The van der Waals surface area contributed by atoms with Crippen LogP contribution in [-0.2, 0) is 17.8 Å². The lowest BCUT2D eigenvalue weighted by Crippen LogP contribution is -2.47. The fraction of sp³-hybridized carbons (Fsp3) is 0.176. The molecule has 0 aliphatic rings. The number of carbonyl (C=O) groups excluding carboxylic acids is 1. The fourth-order valence-corrected chi connectivity index (χ4v) is 2.01. The van der Waals surface area contributed by atoms with Crippen molar-refractivity contribution in [1.82, 2.24) is 16.2 Å². The molecule has 1 amide bonds. The van der Waals surface area contributed by atoms with E-state index in [1.807, 2.05) is 61.5 Å². The van der Waals surface area contributed by atoms with Crippen molar-refractivity contribution < 1.29 is 4.79 Å². The summed E-state index contributed by atoms with van der Waals surface area (Å²) >= 11 is 5.12. The highest BCUT2D eigenvalue weighted by Gasteiger charge is 2.03. The second-order valence-electron chi connectivity index (χ2n) is 5.00. The van der Waals surface area contributed by atoms with Gasteiger partial charge in [0, 0.05) is 6.54 Å². The molecule has 22 heavy (non-hydrogen) atoms. The molecule has 0 radical (unpaired) electrons. The van der Waals surface area contributed by atoms with Crippen LogP contribution in [-0.4, -0.2) is 11.0 Å². The van der Waals surface area contributed by atoms with Gasteiger partial charge in [0.1, 0.15) is 0 Å². The smallest absolute Gasteiger partial charge is 0.242 e. The van der Waals surface area contributed by atoms with E-state index in [2.05, 4.69) is 16.2 Å². The zero-order valence-corrected chi connectivity index (χ0v) is 13.2. The first-order chi connectivity index (χ1) is 10.6. The van der Waals surface area contributed by atoms with Gasteiger partial charge in [0.05, 0.1) is 6.42 Å². The maximum atomic E-state index is 11.8. The van der Waals surface area contributed by atoms with Crippen LogP contribution in [0.5, 0.6) is 0 Å². The summed E-state index contributed by atoms with van der Waals surface area (Å²) in [5.74, 6) is -0.132. The Balaban J connectivity index is 1.69. The Morgan fingerprint density at radius 2 is 1.64 bits per heavy atom. The highest BCUT2D eigenvalue weighted by molar-refractivity contribution is 7.80. The summed E-state index contributed by atoms with van der Waals surface area (Å²) in [5, 5.41) is 3.42. The van der Waals surface area contributed by atoms with Crippen molar-refractivity contribution in [2.24, 2.45) is 0 Å². The Hall–Kier alpha value is -2.40. The maximum Gasteiger partial charge on any atom is 0.242 e. The van der Waals surface area contributed by atoms with Crippen molar-refractivity contribution in [2.45, 2.75) is 19.9 Å². The number of nitrogens with one attached hydrogen (secondary N) is 3. The van der Waals surface area contributed by atoms with Gasteiger partial charge in [-0.1, -0.05) is 60.2 Å². The van der Waals surface area contributed by atoms with Gasteiger partial charge < -0.3 is 5.32 Å². The monoisotopic (exact) mass is 313 g/mol. The third-order valence-electron chi connectivity index (χ3n) is 3.10. The van der Waals surface area contributed by atoms with E-state index in [-0.39, 0.29) is 5.91 Å². The van der Waals surface area contributed by atoms with E-state index >= 15 is 0 Å². The number of aryl methyl sites for hydroxylation is 1. The SMILES string of the molecule is Cc1ccc(CC(=O)NNC(=S)NCc2ccccc2)cc1. The highest BCUT2D eigenvalue weighted by atomic mass is 32.1. The minimum Gasteiger partial charge on any atom is -0.357 e. The Kier molecular flexibility index (Phi) is 5.91. The Morgan fingerprint density at radius 1 is 0.955 bits per heavy atom. The minimum atomic E-state index is -0.132. The number of hydrogen-bond acceptors (Lipinski definition) is 2. The molecule has 0 heterocycles. The van der Waals surface area contributed by atoms with Crippen molar-refractivity contribution in [3.8, 4) is 0 Å². The molecule has 0 aliphatic carbocycles. The first kappa shape index (κ1) is 16.0. The van der Waals surface area contributed by atoms with E-state index in [0.29, 0.717) is 18.1 Å². The van der Waals surface area contributed by atoms with Gasteiger partial charge in [0.2, 0.25) is 5.91 Å². The second kappa shape index (κ2) is 8.14. The first-order valence-corrected chi connectivity index (χ1v) is 7.46. The molecule has 114 valence electrons. The van der Waals surface area contributed by atoms with Gasteiger partial charge >= 0.3 is 0 Å². The van der Waals surface area contributed by atoms with Gasteiger partial charge in [-0.05, 0) is 30.3 Å². The summed E-state index contributed by atoms with van der Waals surface area (Å²) < 4.78 is 0. The van der Waals surface area contributed by atoms with Gasteiger partial charge in [-0.3, -0.25) is 15.6 Å². The van der Waals surface area contributed by atoms with Crippen LogP contribution in [0.25, 0.3) is 0 Å². The molecule has 0 bridgehead atoms. The molecule has 0 saturated carbocycles. The van der Waals surface area contributed by atoms with Crippen LogP contribution < -0.4 is 16.2 Å². The molecule has 0 unspecified atom stereocenters. The lowest BCUT2D eigenvalue weighted by Gasteiger charge is -2.11. The van der Waals surface area contributed by atoms with E-state index in [4.69, 9.17) is 12.2 Å². The molecule has 2 aromatic carbocycles. The molecule has 0 saturated heterocycles. The van der Waals surface area contributed by atoms with Gasteiger partial charge in [0.15, 0.2) is 5.11 Å². The van der Waals surface area contributed by atoms with E-state index in [1.165, 1.54) is 5.56 Å². The topological polar surface area (TPSA) is 53.2 Å². The lowest BCUT2D eigenvalue weighted by atomic mass is 10.1. The molecule has 0 aromatic heterocycles. The Labute approximate surface area is 135 Å². The van der Waals surface area contributed by atoms with E-state index < -0.39 is 0 Å². The molecule has 2 aromatic rings. The van der Waals surface area contributed by atoms with Crippen LogP contribution in [0.4, 0.5) is 0 Å². The molecular weight excluding hydrogens is 294 g/mol. The second-order valence-corrected chi connectivity index (χ2v) is 5.41. The number of hydrazine groups is 1. The molecule has 4 nitrogen and oxygen atoms in total. The van der Waals surface area contributed by atoms with Crippen LogP contribution in [0.1, 0.15) is 16.7 Å². The molecule has 0 aliphatic heterocycles. The molecule has 3 N–H and O–H groups in total. The minimum absolute atomic E-state index is 0.132. The lowest BCUT2D eigenvalue weighted by molar-refractivity contribution is -0.121. The summed E-state index contributed by atoms with van der Waals surface area (Å²) in [7, 11) is 0. The molecule has 0 atom stereocenters. The standard InChI is InChI=1S/C17H19N3OS/c1-13-7-9-14(10-8-13)11-16(21)19-20-17(22)18-12-15-5-3-2-4-6-15/h2-10H,11-12H2,1H3,(H,19,21)(H2,18,20,22). The molecule has 0 fully saturated rings. The average molecular weight is 313 g/mol. The first-order valence-electron chi connectivity index (χ1n) is 7.05. The zero-order valence-electron chi connectivity index (χ0n) is 12.4. The molecule has 2 rings (SSSR count).